The Kier molecular flexibility index (Phi) is 6.74. The first-order valence-electron chi connectivity index (χ1n) is 10.2. The second-order valence-corrected chi connectivity index (χ2v) is 7.90. The number of nitrogens with zero attached hydrogens (tertiary/aromatic N) is 1. The van der Waals surface area contributed by atoms with Gasteiger partial charge in [-0.05, 0) is 35.4 Å². The van der Waals surface area contributed by atoms with Crippen LogP contribution in [-0.4, -0.2) is 16.2 Å². The summed E-state index contributed by atoms with van der Waals surface area (Å²) in [5, 5.41) is 7.01. The van der Waals surface area contributed by atoms with Crippen LogP contribution in [0.4, 0.5) is 42.5 Å². The third kappa shape index (κ3) is 5.61. The van der Waals surface area contributed by atoms with Crippen LogP contribution in [0.5, 0.6) is 0 Å². The van der Waals surface area contributed by atoms with Crippen LogP contribution in [0, 0.1) is 0 Å². The minimum Gasteiger partial charge on any atom is -0.308 e. The van der Waals surface area contributed by atoms with Crippen molar-refractivity contribution in [3.05, 3.63) is 87.4 Å². The van der Waals surface area contributed by atoms with E-state index >= 15 is 0 Å². The molecule has 0 aliphatic heterocycles. The molecule has 14 heteroatoms. The lowest BCUT2D eigenvalue weighted by Gasteiger charge is -2.20. The molecule has 3 aromatic carbocycles. The largest absolute Gasteiger partial charge is 0.439 e. The van der Waals surface area contributed by atoms with Gasteiger partial charge < -0.3 is 10.6 Å². The summed E-state index contributed by atoms with van der Waals surface area (Å²) < 4.78 is 86.8. The van der Waals surface area contributed by atoms with E-state index in [0.717, 1.165) is 24.3 Å². The number of aromatic amines is 1. The number of carbonyl (C=O) groups excluding carboxylic acids is 1. The van der Waals surface area contributed by atoms with Gasteiger partial charge in [0.05, 0.1) is 27.4 Å². The first-order valence-corrected chi connectivity index (χ1v) is 10.5. The molecule has 1 aromatic heterocycles. The fourth-order valence-electron chi connectivity index (χ4n) is 3.55. The average molecular weight is 543 g/mol. The summed E-state index contributed by atoms with van der Waals surface area (Å²) >= 11 is 5.56. The second-order valence-electron chi connectivity index (χ2n) is 7.49. The lowest BCUT2D eigenvalue weighted by molar-refractivity contribution is -0.138. The predicted molar refractivity (Wildman–Crippen MR) is 122 cm³/mol. The zero-order chi connectivity index (χ0) is 27.0. The lowest BCUT2D eigenvalue weighted by Crippen LogP contribution is -2.22. The van der Waals surface area contributed by atoms with E-state index in [2.05, 4.69) is 20.3 Å². The molecule has 0 spiro atoms. The number of halogens is 7. The number of amides is 2. The molecular weight excluding hydrogens is 530 g/mol. The Morgan fingerprint density at radius 2 is 1.62 bits per heavy atom. The van der Waals surface area contributed by atoms with Crippen molar-refractivity contribution in [1.29, 1.82) is 0 Å². The number of alkyl halides is 6. The van der Waals surface area contributed by atoms with Gasteiger partial charge in [0.15, 0.2) is 5.82 Å². The summed E-state index contributed by atoms with van der Waals surface area (Å²) in [6, 6.07) is 11.1. The first kappa shape index (κ1) is 25.8. The standard InChI is InChI=1S/C23H13ClF6N4O3/c24-15-8-6-12(10-14(15)22(25,26)27)31-20(35)32-16-9-7-13(11-4-2-1-3-5-11)18(23(28,29)30)17(16)19-33-21(36)37-34-19/h1-10H,(H2,31,32,35)(H,33,34,36). The third-order valence-corrected chi connectivity index (χ3v) is 5.36. The van der Waals surface area contributed by atoms with E-state index in [1.54, 1.807) is 6.07 Å². The molecule has 0 aliphatic rings. The Hall–Kier alpha value is -4.26. The number of H-pyrrole nitrogens is 1. The topological polar surface area (TPSA) is 100 Å². The van der Waals surface area contributed by atoms with Crippen molar-refractivity contribution in [3.8, 4) is 22.5 Å². The van der Waals surface area contributed by atoms with Crippen LogP contribution in [-0.2, 0) is 12.4 Å². The number of aromatic nitrogens is 2. The molecule has 0 radical (unpaired) electrons. The maximum atomic E-state index is 14.3. The molecule has 0 aliphatic carbocycles. The van der Waals surface area contributed by atoms with Gasteiger partial charge in [-0.25, -0.2) is 9.59 Å². The number of anilines is 2. The molecule has 0 bridgehead atoms. The van der Waals surface area contributed by atoms with Crippen molar-refractivity contribution in [3.63, 3.8) is 0 Å². The van der Waals surface area contributed by atoms with Gasteiger partial charge in [-0.2, -0.15) is 26.3 Å². The van der Waals surface area contributed by atoms with E-state index in [-0.39, 0.29) is 16.8 Å². The van der Waals surface area contributed by atoms with Crippen molar-refractivity contribution < 1.29 is 35.7 Å². The highest BCUT2D eigenvalue weighted by molar-refractivity contribution is 6.31. The maximum Gasteiger partial charge on any atom is 0.439 e. The van der Waals surface area contributed by atoms with Crippen molar-refractivity contribution in [2.75, 3.05) is 10.6 Å². The SMILES string of the molecule is O=C(Nc1ccc(Cl)c(C(F)(F)F)c1)Nc1ccc(-c2ccccc2)c(C(F)(F)F)c1-c1noc(=O)[nH]1. The van der Waals surface area contributed by atoms with Gasteiger partial charge in [-0.3, -0.25) is 9.51 Å². The van der Waals surface area contributed by atoms with Crippen molar-refractivity contribution >= 4 is 29.0 Å². The molecule has 192 valence electrons. The van der Waals surface area contributed by atoms with Gasteiger partial charge in [-0.15, -0.1) is 0 Å². The molecular formula is C23H13ClF6N4O3. The molecule has 7 nitrogen and oxygen atoms in total. The molecule has 4 rings (SSSR count). The van der Waals surface area contributed by atoms with Gasteiger partial charge in [0.1, 0.15) is 0 Å². The summed E-state index contributed by atoms with van der Waals surface area (Å²) in [6.07, 6.45) is -9.81. The molecule has 4 aromatic rings. The summed E-state index contributed by atoms with van der Waals surface area (Å²) in [4.78, 5) is 26.2. The minimum atomic E-state index is -5.00. The normalized spacial score (nSPS) is 11.9. The first-order chi connectivity index (χ1) is 17.3. The number of urea groups is 1. The molecule has 1 heterocycles. The van der Waals surface area contributed by atoms with E-state index in [1.165, 1.54) is 24.3 Å². The van der Waals surface area contributed by atoms with Gasteiger partial charge in [0, 0.05) is 5.69 Å². The van der Waals surface area contributed by atoms with Crippen molar-refractivity contribution in [2.45, 2.75) is 12.4 Å². The number of rotatable bonds is 4. The second kappa shape index (κ2) is 9.65. The van der Waals surface area contributed by atoms with E-state index in [9.17, 15) is 35.9 Å². The van der Waals surface area contributed by atoms with E-state index in [0.29, 0.717) is 6.07 Å². The number of benzene rings is 3. The van der Waals surface area contributed by atoms with Crippen LogP contribution in [0.1, 0.15) is 11.1 Å². The maximum absolute atomic E-state index is 14.3. The number of hydrogen-bond acceptors (Lipinski definition) is 4. The average Bonchev–Trinajstić information content (AvgIpc) is 3.25. The van der Waals surface area contributed by atoms with E-state index in [1.807, 2.05) is 4.98 Å². The van der Waals surface area contributed by atoms with Crippen LogP contribution >= 0.6 is 11.6 Å². The fourth-order valence-corrected chi connectivity index (χ4v) is 3.77. The highest BCUT2D eigenvalue weighted by Crippen LogP contribution is 2.45. The van der Waals surface area contributed by atoms with Gasteiger partial charge >= 0.3 is 24.1 Å². The molecule has 0 atom stereocenters. The molecule has 2 amide bonds. The summed E-state index contributed by atoms with van der Waals surface area (Å²) in [6.45, 7) is 0. The Morgan fingerprint density at radius 1 is 0.919 bits per heavy atom. The van der Waals surface area contributed by atoms with Crippen LogP contribution < -0.4 is 16.4 Å². The number of hydrogen-bond donors (Lipinski definition) is 3. The van der Waals surface area contributed by atoms with Crippen LogP contribution in [0.25, 0.3) is 22.5 Å². The zero-order valence-electron chi connectivity index (χ0n) is 18.1. The van der Waals surface area contributed by atoms with Crippen LogP contribution in [0.2, 0.25) is 5.02 Å². The quantitative estimate of drug-likeness (QED) is 0.241. The molecule has 0 saturated carbocycles. The fraction of sp³-hybridized carbons (Fsp3) is 0.0870. The number of carbonyl (C=O) groups is 1. The lowest BCUT2D eigenvalue weighted by atomic mass is 9.93. The Balaban J connectivity index is 1.80. The summed E-state index contributed by atoms with van der Waals surface area (Å²) in [7, 11) is 0. The molecule has 0 saturated heterocycles. The summed E-state index contributed by atoms with van der Waals surface area (Å²) in [5.74, 6) is -1.78. The Labute approximate surface area is 208 Å². The molecule has 0 fully saturated rings. The van der Waals surface area contributed by atoms with Crippen LogP contribution in [0.3, 0.4) is 0 Å². The molecule has 0 unspecified atom stereocenters. The smallest absolute Gasteiger partial charge is 0.308 e. The summed E-state index contributed by atoms with van der Waals surface area (Å²) in [5.41, 5.74) is -4.08. The van der Waals surface area contributed by atoms with Gasteiger partial charge in [0.25, 0.3) is 0 Å². The minimum absolute atomic E-state index is 0.179. The number of nitrogens with one attached hydrogen (secondary N) is 3. The Morgan fingerprint density at radius 3 is 2.22 bits per heavy atom. The van der Waals surface area contributed by atoms with Crippen LogP contribution in [0.15, 0.2) is 70.0 Å². The predicted octanol–water partition coefficient (Wildman–Crippen LogP) is 7.03. The zero-order valence-corrected chi connectivity index (χ0v) is 18.8. The van der Waals surface area contributed by atoms with Gasteiger partial charge in [-0.1, -0.05) is 53.2 Å². The highest BCUT2D eigenvalue weighted by atomic mass is 35.5. The van der Waals surface area contributed by atoms with Crippen molar-refractivity contribution in [1.82, 2.24) is 10.1 Å². The monoisotopic (exact) mass is 542 g/mol. The van der Waals surface area contributed by atoms with E-state index < -0.39 is 57.4 Å². The third-order valence-electron chi connectivity index (χ3n) is 5.03. The Bertz CT molecular complexity index is 1510. The van der Waals surface area contributed by atoms with Gasteiger partial charge in [0.2, 0.25) is 0 Å². The highest BCUT2D eigenvalue weighted by Gasteiger charge is 2.39. The van der Waals surface area contributed by atoms with Crippen molar-refractivity contribution in [2.24, 2.45) is 0 Å². The molecule has 3 N–H and O–H groups in total. The van der Waals surface area contributed by atoms with E-state index in [4.69, 9.17) is 11.6 Å². The molecule has 37 heavy (non-hydrogen) atoms.